The van der Waals surface area contributed by atoms with Crippen molar-refractivity contribution in [3.8, 4) is 0 Å². The molecule has 1 spiro atoms. The van der Waals surface area contributed by atoms with Crippen molar-refractivity contribution in [2.24, 2.45) is 22.7 Å². The molecule has 1 aliphatic heterocycles. The Morgan fingerprint density at radius 2 is 2.00 bits per heavy atom. The summed E-state index contributed by atoms with van der Waals surface area (Å²) >= 11 is 0. The summed E-state index contributed by atoms with van der Waals surface area (Å²) in [7, 11) is -3.62. The lowest BCUT2D eigenvalue weighted by molar-refractivity contribution is -0.135. The van der Waals surface area contributed by atoms with Crippen molar-refractivity contribution in [1.82, 2.24) is 4.31 Å². The third-order valence-electron chi connectivity index (χ3n) is 7.41. The molecule has 2 saturated carbocycles. The van der Waals surface area contributed by atoms with E-state index in [1.807, 2.05) is 0 Å². The zero-order valence-electron chi connectivity index (χ0n) is 15.2. The van der Waals surface area contributed by atoms with Crippen LogP contribution in [0, 0.1) is 22.7 Å². The Balaban J connectivity index is 1.96. The van der Waals surface area contributed by atoms with E-state index in [0.29, 0.717) is 11.5 Å². The van der Waals surface area contributed by atoms with Crippen molar-refractivity contribution in [3.05, 3.63) is 11.6 Å². The highest BCUT2D eigenvalue weighted by molar-refractivity contribution is 7.90. The third kappa shape index (κ3) is 2.08. The molecule has 3 rings (SSSR count). The first-order valence-electron chi connectivity index (χ1n) is 8.86. The molecule has 0 aromatic heterocycles. The van der Waals surface area contributed by atoms with Crippen molar-refractivity contribution in [1.29, 1.82) is 0 Å². The molecule has 5 atom stereocenters. The van der Waals surface area contributed by atoms with Crippen LogP contribution in [0.5, 0.6) is 0 Å². The molecule has 3 unspecified atom stereocenters. The molecule has 2 bridgehead atoms. The first-order valence-corrected chi connectivity index (χ1v) is 10.5. The molecule has 24 heavy (non-hydrogen) atoms. The van der Waals surface area contributed by atoms with Crippen LogP contribution in [0.4, 0.5) is 0 Å². The number of amides is 1. The van der Waals surface area contributed by atoms with Gasteiger partial charge in [-0.15, -0.1) is 0 Å². The van der Waals surface area contributed by atoms with Gasteiger partial charge in [-0.3, -0.25) is 4.79 Å². The first kappa shape index (κ1) is 17.9. The van der Waals surface area contributed by atoms with Gasteiger partial charge in [-0.1, -0.05) is 26.8 Å². The van der Waals surface area contributed by atoms with E-state index in [9.17, 15) is 18.3 Å². The summed E-state index contributed by atoms with van der Waals surface area (Å²) in [6.07, 6.45) is 3.51. The molecule has 0 aromatic carbocycles. The van der Waals surface area contributed by atoms with Crippen LogP contribution in [0.15, 0.2) is 11.6 Å². The summed E-state index contributed by atoms with van der Waals surface area (Å²) in [4.78, 5) is 13.0. The minimum atomic E-state index is -3.62. The average Bonchev–Trinajstić information content (AvgIpc) is 2.99. The molecule has 5 nitrogen and oxygen atoms in total. The third-order valence-corrected chi connectivity index (χ3v) is 9.33. The molecule has 1 saturated heterocycles. The minimum absolute atomic E-state index is 0.0547. The number of aliphatic hydroxyl groups is 1. The molecule has 3 aliphatic rings. The lowest BCUT2D eigenvalue weighted by Crippen LogP contribution is -2.47. The topological polar surface area (TPSA) is 74.7 Å². The number of nitrogens with zero attached hydrogens (tertiary/aromatic N) is 1. The van der Waals surface area contributed by atoms with Crippen molar-refractivity contribution >= 4 is 15.9 Å². The molecule has 6 heteroatoms. The number of sulfonamides is 1. The quantitative estimate of drug-likeness (QED) is 0.789. The van der Waals surface area contributed by atoms with Crippen LogP contribution in [0.2, 0.25) is 0 Å². The Kier molecular flexibility index (Phi) is 3.96. The molecule has 0 radical (unpaired) electrons. The summed E-state index contributed by atoms with van der Waals surface area (Å²) in [6, 6.07) is -0.232. The fourth-order valence-electron chi connectivity index (χ4n) is 5.48. The monoisotopic (exact) mass is 355 g/mol. The summed E-state index contributed by atoms with van der Waals surface area (Å²) in [5, 5.41) is 10.3. The molecule has 1 amide bonds. The lowest BCUT2D eigenvalue weighted by atomic mass is 9.69. The molecule has 1 heterocycles. The van der Waals surface area contributed by atoms with Gasteiger partial charge in [-0.25, -0.2) is 12.7 Å². The maximum Gasteiger partial charge on any atom is 0.242 e. The van der Waals surface area contributed by atoms with E-state index in [0.717, 1.165) is 23.6 Å². The van der Waals surface area contributed by atoms with Crippen LogP contribution in [0.1, 0.15) is 53.9 Å². The summed E-state index contributed by atoms with van der Waals surface area (Å²) < 4.78 is 26.9. The molecular weight excluding hydrogens is 326 g/mol. The Hall–Kier alpha value is -0.880. The molecule has 0 aromatic rings. The predicted octanol–water partition coefficient (Wildman–Crippen LogP) is 2.32. The summed E-state index contributed by atoms with van der Waals surface area (Å²) in [5.74, 6) is -0.654. The molecular formula is C18H29NO4S. The first-order chi connectivity index (χ1) is 11.0. The number of allylic oxidation sites excluding steroid dienone is 1. The van der Waals surface area contributed by atoms with Gasteiger partial charge in [0.15, 0.2) is 0 Å². The maximum absolute atomic E-state index is 13.0. The molecule has 1 N–H and O–H groups in total. The fraction of sp³-hybridized carbons (Fsp3) is 0.833. The van der Waals surface area contributed by atoms with Gasteiger partial charge in [-0.2, -0.15) is 0 Å². The van der Waals surface area contributed by atoms with Crippen LogP contribution in [0.3, 0.4) is 0 Å². The van der Waals surface area contributed by atoms with Crippen LogP contribution in [0.25, 0.3) is 0 Å². The number of hydrogen-bond acceptors (Lipinski definition) is 4. The van der Waals surface area contributed by atoms with E-state index in [1.54, 1.807) is 26.8 Å². The van der Waals surface area contributed by atoms with Crippen molar-refractivity contribution in [2.75, 3.05) is 5.75 Å². The van der Waals surface area contributed by atoms with Gasteiger partial charge in [0.05, 0.1) is 23.8 Å². The Labute approximate surface area is 145 Å². The summed E-state index contributed by atoms with van der Waals surface area (Å²) in [6.45, 7) is 9.51. The number of fused-ring (bicyclic) bond motifs is 1. The van der Waals surface area contributed by atoms with Crippen LogP contribution in [-0.4, -0.2) is 41.6 Å². The molecule has 2 aliphatic carbocycles. The Morgan fingerprint density at radius 1 is 1.38 bits per heavy atom. The number of carbonyl (C=O) groups excluding carboxylic acids is 1. The van der Waals surface area contributed by atoms with Crippen molar-refractivity contribution in [2.45, 2.75) is 66.0 Å². The Bertz CT molecular complexity index is 696. The highest BCUT2D eigenvalue weighted by Crippen LogP contribution is 2.70. The van der Waals surface area contributed by atoms with Crippen molar-refractivity contribution < 1.29 is 18.3 Å². The van der Waals surface area contributed by atoms with Crippen LogP contribution >= 0.6 is 0 Å². The zero-order chi connectivity index (χ0) is 18.1. The minimum Gasteiger partial charge on any atom is -0.388 e. The van der Waals surface area contributed by atoms with E-state index in [2.05, 4.69) is 13.8 Å². The fourth-order valence-corrected chi connectivity index (χ4v) is 8.09. The van der Waals surface area contributed by atoms with E-state index >= 15 is 0 Å². The maximum atomic E-state index is 13.0. The largest absolute Gasteiger partial charge is 0.388 e. The molecule has 3 fully saturated rings. The van der Waals surface area contributed by atoms with Gasteiger partial charge in [0, 0.05) is 5.41 Å². The second-order valence-electron chi connectivity index (χ2n) is 8.52. The Morgan fingerprint density at radius 3 is 2.54 bits per heavy atom. The number of hydrogen-bond donors (Lipinski definition) is 1. The number of rotatable bonds is 3. The highest BCUT2D eigenvalue weighted by Gasteiger charge is 2.72. The van der Waals surface area contributed by atoms with Gasteiger partial charge in [0.25, 0.3) is 0 Å². The molecule has 136 valence electrons. The second-order valence-corrected chi connectivity index (χ2v) is 10.4. The van der Waals surface area contributed by atoms with Crippen molar-refractivity contribution in [3.63, 3.8) is 0 Å². The van der Waals surface area contributed by atoms with Gasteiger partial charge < -0.3 is 5.11 Å². The second kappa shape index (κ2) is 5.31. The van der Waals surface area contributed by atoms with E-state index in [-0.39, 0.29) is 22.6 Å². The van der Waals surface area contributed by atoms with Crippen LogP contribution in [-0.2, 0) is 14.8 Å². The van der Waals surface area contributed by atoms with Crippen LogP contribution < -0.4 is 0 Å². The number of carbonyl (C=O) groups is 1. The van der Waals surface area contributed by atoms with Gasteiger partial charge in [-0.05, 0) is 50.0 Å². The predicted molar refractivity (Wildman–Crippen MR) is 92.6 cm³/mol. The SMILES string of the molecule is C/C=C(\C)[C@H](O)[C@H](C)C(=O)N1C2CC3CCC2(CS1(=O)=O)C3(C)C. The number of aliphatic hydroxyl groups excluding tert-OH is 1. The van der Waals surface area contributed by atoms with Gasteiger partial charge >= 0.3 is 0 Å². The normalized spacial score (nSPS) is 38.9. The van der Waals surface area contributed by atoms with Gasteiger partial charge in [0.1, 0.15) is 0 Å². The van der Waals surface area contributed by atoms with Gasteiger partial charge in [0.2, 0.25) is 15.9 Å². The lowest BCUT2D eigenvalue weighted by Gasteiger charge is -2.37. The standard InChI is InChI=1S/C18H29NO4S/c1-6-11(2)15(20)12(3)16(21)19-14-9-13-7-8-18(14,17(13,4)5)10-24(19,22)23/h6,12-15,20H,7-10H2,1-5H3/b11-6+/t12-,13?,14?,15-,18?/m0/s1. The average molecular weight is 356 g/mol. The van der Waals surface area contributed by atoms with E-state index in [1.165, 1.54) is 0 Å². The van der Waals surface area contributed by atoms with E-state index in [4.69, 9.17) is 0 Å². The highest BCUT2D eigenvalue weighted by atomic mass is 32.2. The summed E-state index contributed by atoms with van der Waals surface area (Å²) in [5.41, 5.74) is 0.322. The zero-order valence-corrected chi connectivity index (χ0v) is 16.1. The smallest absolute Gasteiger partial charge is 0.242 e. The van der Waals surface area contributed by atoms with E-state index < -0.39 is 28.0 Å².